The molecule has 98 valence electrons. The van der Waals surface area contributed by atoms with Gasteiger partial charge in [-0.05, 0) is 13.0 Å². The Morgan fingerprint density at radius 3 is 1.89 bits per heavy atom. The summed E-state index contributed by atoms with van der Waals surface area (Å²) in [5, 5.41) is 0. The molecule has 6 nitrogen and oxygen atoms in total. The van der Waals surface area contributed by atoms with Crippen molar-refractivity contribution in [3.63, 3.8) is 0 Å². The van der Waals surface area contributed by atoms with Gasteiger partial charge in [-0.2, -0.15) is 8.42 Å². The number of fused-ring (bicyclic) bond motifs is 1. The molecule has 0 spiro atoms. The average Bonchev–Trinajstić information content (AvgIpc) is 2.24. The molecular weight excluding hydrogens is 283 g/mol. The van der Waals surface area contributed by atoms with Gasteiger partial charge in [0.1, 0.15) is 0 Å². The number of Topliss-reactive ketones (excluding diaryl/α,β-unsaturated/α-hetero) is 1. The molecule has 0 aromatic heterocycles. The van der Waals surface area contributed by atoms with Crippen LogP contribution in [0.4, 0.5) is 0 Å². The Balaban J connectivity index is 0.000000471. The summed E-state index contributed by atoms with van der Waals surface area (Å²) >= 11 is 0. The predicted octanol–water partition coefficient (Wildman–Crippen LogP) is 0.711. The maximum absolute atomic E-state index is 11.5. The van der Waals surface area contributed by atoms with E-state index in [1.54, 1.807) is 31.2 Å². The maximum atomic E-state index is 11.5. The zero-order valence-electron chi connectivity index (χ0n) is 9.32. The van der Waals surface area contributed by atoms with Gasteiger partial charge in [-0.25, -0.2) is 0 Å². The Morgan fingerprint density at radius 2 is 1.42 bits per heavy atom. The molecular formula is C11H11NaO6S. The molecule has 0 amide bonds. The Kier molecular flexibility index (Phi) is 6.78. The van der Waals surface area contributed by atoms with Crippen LogP contribution in [0.1, 0.15) is 27.6 Å². The molecule has 0 saturated carbocycles. The van der Waals surface area contributed by atoms with Crippen LogP contribution in [0.25, 0.3) is 0 Å². The molecule has 8 heteroatoms. The average molecular weight is 294 g/mol. The molecule has 0 saturated heterocycles. The standard InChI is InChI=1S/C11H8O2.Na.H2O4S.H/c1-7-6-10(12)8-4-2-3-5-9(8)11(7)13;;1-5(2,3)4;/h2-6H,1H3;;(H2,1,2,3,4);. The van der Waals surface area contributed by atoms with Crippen molar-refractivity contribution in [1.29, 1.82) is 0 Å². The first-order chi connectivity index (χ1) is 8.20. The predicted molar refractivity (Wildman–Crippen MR) is 70.2 cm³/mol. The molecule has 0 unspecified atom stereocenters. The summed E-state index contributed by atoms with van der Waals surface area (Å²) < 4.78 is 31.6. The number of ketones is 2. The van der Waals surface area contributed by atoms with Gasteiger partial charge in [0.05, 0.1) is 0 Å². The van der Waals surface area contributed by atoms with E-state index in [1.807, 2.05) is 0 Å². The molecule has 1 aliphatic carbocycles. The Bertz CT molecular complexity index is 624. The van der Waals surface area contributed by atoms with Crippen molar-refractivity contribution in [2.24, 2.45) is 0 Å². The first kappa shape index (κ1) is 18.2. The fourth-order valence-electron chi connectivity index (χ4n) is 1.45. The fourth-order valence-corrected chi connectivity index (χ4v) is 1.45. The van der Waals surface area contributed by atoms with Crippen LogP contribution >= 0.6 is 0 Å². The zero-order chi connectivity index (χ0) is 13.9. The van der Waals surface area contributed by atoms with Crippen LogP contribution in [0, 0.1) is 0 Å². The van der Waals surface area contributed by atoms with Crippen LogP contribution in [0.2, 0.25) is 0 Å². The second-order valence-corrected chi connectivity index (χ2v) is 4.41. The van der Waals surface area contributed by atoms with Crippen LogP contribution in [0.5, 0.6) is 0 Å². The molecule has 19 heavy (non-hydrogen) atoms. The van der Waals surface area contributed by atoms with E-state index in [0.717, 1.165) is 0 Å². The molecule has 0 aliphatic heterocycles. The monoisotopic (exact) mass is 294 g/mol. The third kappa shape index (κ3) is 5.77. The first-order valence-corrected chi connectivity index (χ1v) is 6.16. The summed E-state index contributed by atoms with van der Waals surface area (Å²) in [6, 6.07) is 6.89. The van der Waals surface area contributed by atoms with Crippen molar-refractivity contribution in [2.75, 3.05) is 0 Å². The van der Waals surface area contributed by atoms with Crippen LogP contribution < -0.4 is 0 Å². The van der Waals surface area contributed by atoms with Crippen LogP contribution in [0.15, 0.2) is 35.9 Å². The number of hydrogen-bond acceptors (Lipinski definition) is 4. The van der Waals surface area contributed by atoms with E-state index in [9.17, 15) is 9.59 Å². The van der Waals surface area contributed by atoms with Gasteiger partial charge in [-0.1, -0.05) is 24.3 Å². The quantitative estimate of drug-likeness (QED) is 0.539. The summed E-state index contributed by atoms with van der Waals surface area (Å²) in [6.07, 6.45) is 1.39. The third-order valence-electron chi connectivity index (χ3n) is 2.14. The van der Waals surface area contributed by atoms with Gasteiger partial charge in [-0.15, -0.1) is 0 Å². The van der Waals surface area contributed by atoms with Crippen molar-refractivity contribution in [2.45, 2.75) is 6.92 Å². The van der Waals surface area contributed by atoms with Crippen molar-refractivity contribution in [1.82, 2.24) is 0 Å². The molecule has 2 N–H and O–H groups in total. The van der Waals surface area contributed by atoms with Gasteiger partial charge < -0.3 is 0 Å². The van der Waals surface area contributed by atoms with E-state index < -0.39 is 10.4 Å². The first-order valence-electron chi connectivity index (χ1n) is 4.76. The van der Waals surface area contributed by atoms with Gasteiger partial charge in [0.25, 0.3) is 0 Å². The molecule has 0 bridgehead atoms. The SMILES string of the molecule is CC1=CC(=O)c2ccccc2C1=O.O=S(=O)(O)O.[NaH]. The zero-order valence-corrected chi connectivity index (χ0v) is 10.1. The topological polar surface area (TPSA) is 109 Å². The molecule has 0 atom stereocenters. The Morgan fingerprint density at radius 1 is 1.00 bits per heavy atom. The van der Waals surface area contributed by atoms with Crippen LogP contribution in [0.3, 0.4) is 0 Å². The molecule has 0 radical (unpaired) electrons. The second-order valence-electron chi connectivity index (χ2n) is 3.51. The summed E-state index contributed by atoms with van der Waals surface area (Å²) in [7, 11) is -4.67. The number of rotatable bonds is 0. The molecule has 0 heterocycles. The van der Waals surface area contributed by atoms with Gasteiger partial charge >= 0.3 is 40.0 Å². The number of benzene rings is 1. The molecule has 1 aromatic carbocycles. The van der Waals surface area contributed by atoms with E-state index in [0.29, 0.717) is 16.7 Å². The molecule has 2 rings (SSSR count). The van der Waals surface area contributed by atoms with Crippen molar-refractivity contribution in [3.05, 3.63) is 47.0 Å². The number of carbonyl (C=O) groups excluding carboxylic acids is 2. The van der Waals surface area contributed by atoms with Gasteiger partial charge in [-0.3, -0.25) is 18.7 Å². The van der Waals surface area contributed by atoms with E-state index in [4.69, 9.17) is 17.5 Å². The number of allylic oxidation sites excluding steroid dienone is 2. The molecule has 0 fully saturated rings. The summed E-state index contributed by atoms with van der Waals surface area (Å²) in [5.41, 5.74) is 1.55. The van der Waals surface area contributed by atoms with Crippen molar-refractivity contribution >= 4 is 51.5 Å². The molecule has 1 aliphatic rings. The van der Waals surface area contributed by atoms with Crippen molar-refractivity contribution < 1.29 is 27.1 Å². The van der Waals surface area contributed by atoms with Gasteiger partial charge in [0, 0.05) is 16.7 Å². The van der Waals surface area contributed by atoms with Gasteiger partial charge in [0.2, 0.25) is 0 Å². The van der Waals surface area contributed by atoms with Crippen molar-refractivity contribution in [3.8, 4) is 0 Å². The Labute approximate surface area is 132 Å². The van der Waals surface area contributed by atoms with E-state index >= 15 is 0 Å². The third-order valence-corrected chi connectivity index (χ3v) is 2.14. The normalized spacial score (nSPS) is 13.5. The number of carbonyl (C=O) groups is 2. The van der Waals surface area contributed by atoms with E-state index in [2.05, 4.69) is 0 Å². The van der Waals surface area contributed by atoms with Gasteiger partial charge in [0.15, 0.2) is 11.6 Å². The summed E-state index contributed by atoms with van der Waals surface area (Å²) in [4.78, 5) is 23.0. The summed E-state index contributed by atoms with van der Waals surface area (Å²) in [5.74, 6) is -0.122. The van der Waals surface area contributed by atoms with E-state index in [-0.39, 0.29) is 41.1 Å². The van der Waals surface area contributed by atoms with E-state index in [1.165, 1.54) is 6.08 Å². The second kappa shape index (κ2) is 7.09. The van der Waals surface area contributed by atoms with Crippen LogP contribution in [-0.2, 0) is 10.4 Å². The minimum absolute atomic E-state index is 0. The fraction of sp³-hybridized carbons (Fsp3) is 0.0909. The molecule has 1 aromatic rings. The summed E-state index contributed by atoms with van der Waals surface area (Å²) in [6.45, 7) is 1.66. The number of hydrogen-bond donors (Lipinski definition) is 2. The minimum atomic E-state index is -4.67. The van der Waals surface area contributed by atoms with Crippen LogP contribution in [-0.4, -0.2) is 58.6 Å². The Hall–Kier alpha value is -0.830.